The molecule has 1 aliphatic rings. The van der Waals surface area contributed by atoms with Crippen LogP contribution in [-0.2, 0) is 33.5 Å². The number of rotatable bonds is 4. The van der Waals surface area contributed by atoms with E-state index in [-0.39, 0.29) is 30.3 Å². The maximum absolute atomic E-state index is 13.0. The zero-order chi connectivity index (χ0) is 23.0. The van der Waals surface area contributed by atoms with Gasteiger partial charge in [0.2, 0.25) is 11.8 Å². The topological polar surface area (TPSA) is 57.7 Å². The van der Waals surface area contributed by atoms with E-state index in [0.29, 0.717) is 0 Å². The molecule has 1 heterocycles. The molecular formula is C26H32N2O3. The number of hydrogen-bond donors (Lipinski definition) is 0. The van der Waals surface area contributed by atoms with Crippen LogP contribution in [0.1, 0.15) is 70.2 Å². The maximum Gasteiger partial charge on any atom is 0.334 e. The van der Waals surface area contributed by atoms with Crippen LogP contribution in [0.15, 0.2) is 48.5 Å². The average Bonchev–Trinajstić information content (AvgIpc) is 2.68. The van der Waals surface area contributed by atoms with Crippen LogP contribution in [-0.4, -0.2) is 27.6 Å². The molecule has 0 spiro atoms. The van der Waals surface area contributed by atoms with Gasteiger partial charge in [0.1, 0.15) is 6.42 Å². The number of benzene rings is 2. The molecule has 2 aromatic carbocycles. The highest BCUT2D eigenvalue weighted by atomic mass is 16.2. The predicted molar refractivity (Wildman–Crippen MR) is 121 cm³/mol. The molecule has 164 valence electrons. The van der Waals surface area contributed by atoms with Gasteiger partial charge in [0.25, 0.3) is 0 Å². The van der Waals surface area contributed by atoms with E-state index in [9.17, 15) is 14.4 Å². The highest BCUT2D eigenvalue weighted by Gasteiger charge is 2.37. The Bertz CT molecular complexity index is 898. The standard InChI is InChI=1S/C26H32N2O3/c1-25(2,3)20-11-7-18(8-12-20)16-27-22(29)15-23(30)28(24(27)31)17-19-9-13-21(14-10-19)26(4,5)6/h7-14H,15-17H2,1-6H3. The minimum absolute atomic E-state index is 0.0288. The van der Waals surface area contributed by atoms with Gasteiger partial charge in [-0.15, -0.1) is 0 Å². The van der Waals surface area contributed by atoms with Gasteiger partial charge in [-0.1, -0.05) is 90.1 Å². The summed E-state index contributed by atoms with van der Waals surface area (Å²) in [6, 6.07) is 15.3. The quantitative estimate of drug-likeness (QED) is 0.642. The van der Waals surface area contributed by atoms with Gasteiger partial charge < -0.3 is 0 Å². The second-order valence-electron chi connectivity index (χ2n) is 10.3. The van der Waals surface area contributed by atoms with Gasteiger partial charge in [-0.2, -0.15) is 0 Å². The number of hydrogen-bond acceptors (Lipinski definition) is 3. The van der Waals surface area contributed by atoms with Crippen LogP contribution in [0.2, 0.25) is 0 Å². The molecule has 0 aromatic heterocycles. The number of imide groups is 2. The third kappa shape index (κ3) is 5.22. The SMILES string of the molecule is CC(C)(C)c1ccc(CN2C(=O)CC(=O)N(Cc3ccc(C(C)(C)C)cc3)C2=O)cc1. The molecule has 1 saturated heterocycles. The first-order valence-electron chi connectivity index (χ1n) is 10.7. The normalized spacial score (nSPS) is 15.6. The number of amides is 4. The van der Waals surface area contributed by atoms with Crippen LogP contribution in [0.25, 0.3) is 0 Å². The molecule has 0 radical (unpaired) electrons. The Balaban J connectivity index is 1.75. The molecule has 1 aliphatic heterocycles. The van der Waals surface area contributed by atoms with Crippen LogP contribution < -0.4 is 0 Å². The van der Waals surface area contributed by atoms with Crippen LogP contribution >= 0.6 is 0 Å². The lowest BCUT2D eigenvalue weighted by Crippen LogP contribution is -2.54. The van der Waals surface area contributed by atoms with Gasteiger partial charge in [0, 0.05) is 0 Å². The lowest BCUT2D eigenvalue weighted by atomic mass is 9.86. The van der Waals surface area contributed by atoms with Gasteiger partial charge >= 0.3 is 6.03 Å². The highest BCUT2D eigenvalue weighted by Crippen LogP contribution is 2.25. The molecular weight excluding hydrogens is 388 g/mol. The van der Waals surface area contributed by atoms with Crippen molar-refractivity contribution in [2.45, 2.75) is 71.9 Å². The van der Waals surface area contributed by atoms with Crippen LogP contribution in [0.4, 0.5) is 4.79 Å². The fourth-order valence-electron chi connectivity index (χ4n) is 3.58. The van der Waals surface area contributed by atoms with E-state index in [4.69, 9.17) is 0 Å². The van der Waals surface area contributed by atoms with Gasteiger partial charge in [0.05, 0.1) is 13.1 Å². The lowest BCUT2D eigenvalue weighted by Gasteiger charge is -2.33. The summed E-state index contributed by atoms with van der Waals surface area (Å²) in [6.07, 6.45) is -0.286. The maximum atomic E-state index is 13.0. The second-order valence-corrected chi connectivity index (χ2v) is 10.3. The molecule has 4 amide bonds. The summed E-state index contributed by atoms with van der Waals surface area (Å²) in [5, 5.41) is 0. The summed E-state index contributed by atoms with van der Waals surface area (Å²) in [5.41, 5.74) is 4.14. The molecule has 0 unspecified atom stereocenters. The summed E-state index contributed by atoms with van der Waals surface area (Å²) < 4.78 is 0. The van der Waals surface area contributed by atoms with Crippen molar-refractivity contribution in [2.24, 2.45) is 0 Å². The van der Waals surface area contributed by atoms with Gasteiger partial charge in [-0.05, 0) is 33.1 Å². The van der Waals surface area contributed by atoms with Crippen molar-refractivity contribution in [1.29, 1.82) is 0 Å². The zero-order valence-corrected chi connectivity index (χ0v) is 19.4. The fourth-order valence-corrected chi connectivity index (χ4v) is 3.58. The lowest BCUT2D eigenvalue weighted by molar-refractivity contribution is -0.143. The van der Waals surface area contributed by atoms with Crippen molar-refractivity contribution in [3.8, 4) is 0 Å². The van der Waals surface area contributed by atoms with E-state index >= 15 is 0 Å². The van der Waals surface area contributed by atoms with E-state index < -0.39 is 17.8 Å². The van der Waals surface area contributed by atoms with Crippen molar-refractivity contribution in [1.82, 2.24) is 9.80 Å². The number of urea groups is 1. The first kappa shape index (κ1) is 22.7. The van der Waals surface area contributed by atoms with Crippen molar-refractivity contribution in [3.63, 3.8) is 0 Å². The predicted octanol–water partition coefficient (Wildman–Crippen LogP) is 5.16. The summed E-state index contributed by atoms with van der Waals surface area (Å²) in [4.78, 5) is 40.3. The molecule has 0 bridgehead atoms. The van der Waals surface area contributed by atoms with Crippen molar-refractivity contribution in [3.05, 3.63) is 70.8 Å². The first-order chi connectivity index (χ1) is 14.4. The Labute approximate surface area is 185 Å². The Morgan fingerprint density at radius 2 is 0.935 bits per heavy atom. The van der Waals surface area contributed by atoms with Crippen LogP contribution in [0.5, 0.6) is 0 Å². The number of barbiturate groups is 1. The number of nitrogens with zero attached hydrogens (tertiary/aromatic N) is 2. The zero-order valence-electron chi connectivity index (χ0n) is 19.4. The van der Waals surface area contributed by atoms with Gasteiger partial charge in [-0.25, -0.2) is 4.79 Å². The molecule has 0 aliphatic carbocycles. The molecule has 5 nitrogen and oxygen atoms in total. The average molecular weight is 421 g/mol. The minimum Gasteiger partial charge on any atom is -0.274 e. The Kier molecular flexibility index (Phi) is 6.08. The smallest absolute Gasteiger partial charge is 0.274 e. The third-order valence-corrected chi connectivity index (χ3v) is 5.69. The van der Waals surface area contributed by atoms with E-state index in [1.54, 1.807) is 0 Å². The van der Waals surface area contributed by atoms with Gasteiger partial charge in [0.15, 0.2) is 0 Å². The molecule has 2 aromatic rings. The van der Waals surface area contributed by atoms with E-state index in [1.165, 1.54) is 20.9 Å². The van der Waals surface area contributed by atoms with E-state index in [0.717, 1.165) is 11.1 Å². The molecule has 0 atom stereocenters. The fraction of sp³-hybridized carbons (Fsp3) is 0.423. The monoisotopic (exact) mass is 420 g/mol. The summed E-state index contributed by atoms with van der Waals surface area (Å²) in [7, 11) is 0. The minimum atomic E-state index is -0.555. The van der Waals surface area contributed by atoms with E-state index in [2.05, 4.69) is 41.5 Å². The Hall–Kier alpha value is -2.95. The molecule has 31 heavy (non-hydrogen) atoms. The summed E-state index contributed by atoms with van der Waals surface area (Å²) in [5.74, 6) is -0.900. The number of carbonyl (C=O) groups excluding carboxylic acids is 3. The summed E-state index contributed by atoms with van der Waals surface area (Å²) >= 11 is 0. The van der Waals surface area contributed by atoms with Crippen molar-refractivity contribution >= 4 is 17.8 Å². The van der Waals surface area contributed by atoms with Crippen molar-refractivity contribution in [2.75, 3.05) is 0 Å². The largest absolute Gasteiger partial charge is 0.334 e. The molecule has 3 rings (SSSR count). The molecule has 5 heteroatoms. The second kappa shape index (κ2) is 8.29. The van der Waals surface area contributed by atoms with Gasteiger partial charge in [-0.3, -0.25) is 19.4 Å². The highest BCUT2D eigenvalue weighted by molar-refractivity contribution is 6.13. The molecule has 1 fully saturated rings. The first-order valence-corrected chi connectivity index (χ1v) is 10.7. The van der Waals surface area contributed by atoms with Crippen LogP contribution in [0, 0.1) is 0 Å². The van der Waals surface area contributed by atoms with E-state index in [1.807, 2.05) is 48.5 Å². The van der Waals surface area contributed by atoms with Crippen molar-refractivity contribution < 1.29 is 14.4 Å². The Morgan fingerprint density at radius 3 is 1.23 bits per heavy atom. The Morgan fingerprint density at radius 1 is 0.613 bits per heavy atom. The third-order valence-electron chi connectivity index (χ3n) is 5.69. The molecule has 0 N–H and O–H groups in total. The van der Waals surface area contributed by atoms with Crippen LogP contribution in [0.3, 0.4) is 0 Å². The number of carbonyl (C=O) groups is 3. The molecule has 0 saturated carbocycles. The summed E-state index contributed by atoms with van der Waals surface area (Å²) in [6.45, 7) is 13.1.